The number of allylic oxidation sites excluding steroid dienone is 1. The van der Waals surface area contributed by atoms with Crippen molar-refractivity contribution < 1.29 is 24.4 Å². The smallest absolute Gasteiger partial charge is 0.146 e. The lowest BCUT2D eigenvalue weighted by atomic mass is 9.47. The van der Waals surface area contributed by atoms with Gasteiger partial charge in [-0.25, -0.2) is 0 Å². The topological polar surface area (TPSA) is 68.2 Å². The summed E-state index contributed by atoms with van der Waals surface area (Å²) in [4.78, 5) is 0. The lowest BCUT2D eigenvalue weighted by molar-refractivity contribution is -0.106. The average Bonchev–Trinajstić information content (AvgIpc) is 2.59. The van der Waals surface area contributed by atoms with Crippen molar-refractivity contribution in [3.05, 3.63) is 11.6 Å². The van der Waals surface area contributed by atoms with E-state index in [2.05, 4.69) is 33.8 Å². The van der Waals surface area contributed by atoms with E-state index < -0.39 is 11.7 Å². The predicted molar refractivity (Wildman–Crippen MR) is 116 cm³/mol. The summed E-state index contributed by atoms with van der Waals surface area (Å²) < 4.78 is 15.7. The molecule has 1 saturated carbocycles. The van der Waals surface area contributed by atoms with Crippen LogP contribution in [0.25, 0.3) is 0 Å². The van der Waals surface area contributed by atoms with Crippen LogP contribution in [-0.2, 0) is 14.2 Å². The molecule has 2 aliphatic rings. The first-order valence-electron chi connectivity index (χ1n) is 11.2. The molecule has 0 radical (unpaired) electrons. The summed E-state index contributed by atoms with van der Waals surface area (Å²) in [5, 5.41) is 22.2. The second kappa shape index (κ2) is 10.2. The molecule has 5 heteroatoms. The highest BCUT2D eigenvalue weighted by molar-refractivity contribution is 5.20. The summed E-state index contributed by atoms with van der Waals surface area (Å²) in [6.45, 7) is 12.7. The Balaban J connectivity index is 1.94. The van der Waals surface area contributed by atoms with Gasteiger partial charge in [-0.2, -0.15) is 0 Å². The first-order chi connectivity index (χ1) is 13.5. The molecule has 1 fully saturated rings. The van der Waals surface area contributed by atoms with Gasteiger partial charge in [0.15, 0.2) is 0 Å². The molecule has 2 aliphatic carbocycles. The van der Waals surface area contributed by atoms with Crippen molar-refractivity contribution in [2.75, 3.05) is 33.7 Å². The minimum absolute atomic E-state index is 0.0851. The van der Waals surface area contributed by atoms with Crippen molar-refractivity contribution in [1.29, 1.82) is 0 Å². The Morgan fingerprint density at radius 3 is 2.55 bits per heavy atom. The number of hydrogen-bond acceptors (Lipinski definition) is 5. The van der Waals surface area contributed by atoms with Gasteiger partial charge >= 0.3 is 0 Å². The predicted octanol–water partition coefficient (Wildman–Crippen LogP) is 4.31. The summed E-state index contributed by atoms with van der Waals surface area (Å²) in [6, 6.07) is 0. The summed E-state index contributed by atoms with van der Waals surface area (Å²) in [5.74, 6) is 0.676. The third-order valence-corrected chi connectivity index (χ3v) is 7.57. The summed E-state index contributed by atoms with van der Waals surface area (Å²) >= 11 is 0. The molecule has 0 bridgehead atoms. The molecule has 2 rings (SSSR count). The lowest BCUT2D eigenvalue weighted by Crippen LogP contribution is -2.52. The van der Waals surface area contributed by atoms with Crippen molar-refractivity contribution in [2.45, 2.75) is 84.8 Å². The first kappa shape index (κ1) is 24.8. The van der Waals surface area contributed by atoms with E-state index in [4.69, 9.17) is 14.2 Å². The van der Waals surface area contributed by atoms with E-state index in [1.54, 1.807) is 14.0 Å². The SMILES string of the molecule is COCCOCOCC[C@](C)(O)C[C@H](O)[C@H]1C(C)=CC[C@H]2C(C)(C)CCC[C@]12C. The van der Waals surface area contributed by atoms with Crippen LogP contribution in [0.15, 0.2) is 11.6 Å². The van der Waals surface area contributed by atoms with Crippen LogP contribution in [0.1, 0.15) is 73.1 Å². The summed E-state index contributed by atoms with van der Waals surface area (Å²) in [6.07, 6.45) is 7.33. The van der Waals surface area contributed by atoms with E-state index >= 15 is 0 Å². The molecule has 0 spiro atoms. The van der Waals surface area contributed by atoms with E-state index in [9.17, 15) is 10.2 Å². The first-order valence-corrected chi connectivity index (χ1v) is 11.2. The fraction of sp³-hybridized carbons (Fsp3) is 0.917. The number of aliphatic hydroxyl groups is 2. The molecule has 0 unspecified atom stereocenters. The Bertz CT molecular complexity index is 541. The molecule has 5 atom stereocenters. The number of rotatable bonds is 11. The molecule has 0 heterocycles. The quantitative estimate of drug-likeness (QED) is 0.301. The Hall–Kier alpha value is -0.460. The molecule has 5 nitrogen and oxygen atoms in total. The van der Waals surface area contributed by atoms with E-state index in [0.29, 0.717) is 44.0 Å². The molecule has 170 valence electrons. The van der Waals surface area contributed by atoms with Gasteiger partial charge in [-0.15, -0.1) is 0 Å². The van der Waals surface area contributed by atoms with E-state index in [1.165, 1.54) is 18.4 Å². The molecule has 0 amide bonds. The zero-order valence-electron chi connectivity index (χ0n) is 19.5. The van der Waals surface area contributed by atoms with Crippen LogP contribution >= 0.6 is 0 Å². The molecule has 2 N–H and O–H groups in total. The van der Waals surface area contributed by atoms with Crippen LogP contribution in [0.4, 0.5) is 0 Å². The van der Waals surface area contributed by atoms with Gasteiger partial charge in [0.1, 0.15) is 6.79 Å². The van der Waals surface area contributed by atoms with Crippen LogP contribution < -0.4 is 0 Å². The standard InChI is InChI=1S/C24H44O5/c1-18-8-9-20-22(2,3)10-7-11-24(20,5)21(18)19(25)16-23(4,26)12-13-28-17-29-15-14-27-6/h8,19-21,25-26H,7,9-17H2,1-6H3/t19-,20-,21+,23-,24-/m0/s1. The van der Waals surface area contributed by atoms with Gasteiger partial charge in [0, 0.05) is 19.4 Å². The van der Waals surface area contributed by atoms with Crippen molar-refractivity contribution in [2.24, 2.45) is 22.7 Å². The van der Waals surface area contributed by atoms with Crippen LogP contribution in [0.5, 0.6) is 0 Å². The second-order valence-corrected chi connectivity index (χ2v) is 10.5. The van der Waals surface area contributed by atoms with Crippen molar-refractivity contribution in [3.63, 3.8) is 0 Å². The fourth-order valence-electron chi connectivity index (χ4n) is 6.10. The maximum atomic E-state index is 11.3. The highest BCUT2D eigenvalue weighted by Crippen LogP contribution is 2.60. The number of hydrogen-bond donors (Lipinski definition) is 2. The van der Waals surface area contributed by atoms with Crippen molar-refractivity contribution >= 4 is 0 Å². The zero-order valence-corrected chi connectivity index (χ0v) is 19.5. The summed E-state index contributed by atoms with van der Waals surface area (Å²) in [5.41, 5.74) is 0.690. The summed E-state index contributed by atoms with van der Waals surface area (Å²) in [7, 11) is 1.63. The van der Waals surface area contributed by atoms with Crippen LogP contribution in [-0.4, -0.2) is 55.6 Å². The van der Waals surface area contributed by atoms with Gasteiger partial charge in [0.05, 0.1) is 31.5 Å². The van der Waals surface area contributed by atoms with E-state index in [1.807, 2.05) is 0 Å². The normalized spacial score (nSPS) is 32.2. The highest BCUT2D eigenvalue weighted by atomic mass is 16.7. The maximum absolute atomic E-state index is 11.3. The van der Waals surface area contributed by atoms with Crippen LogP contribution in [0, 0.1) is 22.7 Å². The Morgan fingerprint density at radius 1 is 1.17 bits per heavy atom. The number of methoxy groups -OCH3 is 1. The third kappa shape index (κ3) is 6.27. The monoisotopic (exact) mass is 412 g/mol. The third-order valence-electron chi connectivity index (χ3n) is 7.57. The Morgan fingerprint density at radius 2 is 1.86 bits per heavy atom. The Labute approximate surface area is 177 Å². The van der Waals surface area contributed by atoms with E-state index in [-0.39, 0.29) is 18.1 Å². The van der Waals surface area contributed by atoms with Gasteiger partial charge in [-0.05, 0) is 56.3 Å². The maximum Gasteiger partial charge on any atom is 0.146 e. The second-order valence-electron chi connectivity index (χ2n) is 10.5. The van der Waals surface area contributed by atoms with E-state index in [0.717, 1.165) is 12.8 Å². The van der Waals surface area contributed by atoms with Crippen LogP contribution in [0.3, 0.4) is 0 Å². The molecule has 0 aromatic rings. The minimum Gasteiger partial charge on any atom is -0.392 e. The molecular formula is C24H44O5. The average molecular weight is 413 g/mol. The van der Waals surface area contributed by atoms with Gasteiger partial charge in [-0.3, -0.25) is 0 Å². The Kier molecular flexibility index (Phi) is 8.75. The number of fused-ring (bicyclic) bond motifs is 1. The molecule has 29 heavy (non-hydrogen) atoms. The highest BCUT2D eigenvalue weighted by Gasteiger charge is 2.54. The fourth-order valence-corrected chi connectivity index (χ4v) is 6.10. The van der Waals surface area contributed by atoms with Gasteiger partial charge < -0.3 is 24.4 Å². The van der Waals surface area contributed by atoms with Crippen molar-refractivity contribution in [3.8, 4) is 0 Å². The van der Waals surface area contributed by atoms with Gasteiger partial charge in [0.25, 0.3) is 0 Å². The number of ether oxygens (including phenoxy) is 3. The molecule has 0 aromatic carbocycles. The van der Waals surface area contributed by atoms with Gasteiger partial charge in [-0.1, -0.05) is 38.8 Å². The molecule has 0 aliphatic heterocycles. The number of aliphatic hydroxyl groups excluding tert-OH is 1. The van der Waals surface area contributed by atoms with Crippen LogP contribution in [0.2, 0.25) is 0 Å². The zero-order chi connectivity index (χ0) is 21.7. The molecule has 0 saturated heterocycles. The minimum atomic E-state index is -0.973. The van der Waals surface area contributed by atoms with Crippen molar-refractivity contribution in [1.82, 2.24) is 0 Å². The lowest BCUT2D eigenvalue weighted by Gasteiger charge is -2.58. The molecular weight excluding hydrogens is 368 g/mol. The molecule has 0 aromatic heterocycles. The van der Waals surface area contributed by atoms with Gasteiger partial charge in [0.2, 0.25) is 0 Å². The largest absolute Gasteiger partial charge is 0.392 e.